The summed E-state index contributed by atoms with van der Waals surface area (Å²) in [5.41, 5.74) is 1.14. The summed E-state index contributed by atoms with van der Waals surface area (Å²) in [6.07, 6.45) is 0.833. The van der Waals surface area contributed by atoms with Gasteiger partial charge in [-0.15, -0.1) is 0 Å². The molecule has 1 amide bonds. The van der Waals surface area contributed by atoms with E-state index in [1.807, 2.05) is 24.3 Å². The number of benzene rings is 1. The van der Waals surface area contributed by atoms with Crippen molar-refractivity contribution in [2.24, 2.45) is 5.41 Å². The van der Waals surface area contributed by atoms with Crippen LogP contribution < -0.4 is 0 Å². The van der Waals surface area contributed by atoms with Crippen molar-refractivity contribution >= 4 is 11.9 Å². The highest BCUT2D eigenvalue weighted by Gasteiger charge is 2.34. The van der Waals surface area contributed by atoms with E-state index < -0.39 is 5.41 Å². The molecule has 1 aliphatic heterocycles. The smallest absolute Gasteiger partial charge is 0.313 e. The summed E-state index contributed by atoms with van der Waals surface area (Å²) in [6.45, 7) is 4.63. The number of methoxy groups -OCH3 is 1. The standard InChI is InChI=1S/C15H19NO3/c1-15(2,14(18)19-3)10-16-9-8-11-6-4-5-7-12(11)13(16)17/h4-7H,8-10H2,1-3H3. The highest BCUT2D eigenvalue weighted by molar-refractivity contribution is 5.97. The van der Waals surface area contributed by atoms with Gasteiger partial charge in [-0.3, -0.25) is 9.59 Å². The number of ether oxygens (including phenoxy) is 1. The molecule has 0 saturated heterocycles. The van der Waals surface area contributed by atoms with Gasteiger partial charge in [-0.2, -0.15) is 0 Å². The minimum Gasteiger partial charge on any atom is -0.469 e. The van der Waals surface area contributed by atoms with Crippen LogP contribution in [0, 0.1) is 5.41 Å². The molecule has 2 rings (SSSR count). The Balaban J connectivity index is 2.17. The third-order valence-corrected chi connectivity index (χ3v) is 3.51. The van der Waals surface area contributed by atoms with E-state index >= 15 is 0 Å². The number of nitrogens with zero attached hydrogens (tertiary/aromatic N) is 1. The van der Waals surface area contributed by atoms with Crippen LogP contribution in [0.4, 0.5) is 0 Å². The summed E-state index contributed by atoms with van der Waals surface area (Å²) >= 11 is 0. The molecule has 0 spiro atoms. The van der Waals surface area contributed by atoms with Crippen LogP contribution in [0.2, 0.25) is 0 Å². The monoisotopic (exact) mass is 261 g/mol. The fourth-order valence-electron chi connectivity index (χ4n) is 2.44. The number of carbonyl (C=O) groups is 2. The van der Waals surface area contributed by atoms with Gasteiger partial charge in [-0.25, -0.2) is 0 Å². The maximum Gasteiger partial charge on any atom is 0.313 e. The lowest BCUT2D eigenvalue weighted by Gasteiger charge is -2.34. The molecule has 1 aromatic carbocycles. The Labute approximate surface area is 113 Å². The molecule has 0 aliphatic carbocycles. The van der Waals surface area contributed by atoms with Gasteiger partial charge < -0.3 is 9.64 Å². The van der Waals surface area contributed by atoms with Crippen LogP contribution >= 0.6 is 0 Å². The first kappa shape index (κ1) is 13.6. The van der Waals surface area contributed by atoms with Gasteiger partial charge in [0.2, 0.25) is 0 Å². The van der Waals surface area contributed by atoms with Crippen molar-refractivity contribution in [1.29, 1.82) is 0 Å². The molecule has 1 aromatic rings. The lowest BCUT2D eigenvalue weighted by molar-refractivity contribution is -0.151. The molecule has 0 radical (unpaired) electrons. The van der Waals surface area contributed by atoms with E-state index in [0.29, 0.717) is 13.1 Å². The summed E-state index contributed by atoms with van der Waals surface area (Å²) in [5.74, 6) is -0.294. The second-order valence-corrected chi connectivity index (χ2v) is 5.51. The van der Waals surface area contributed by atoms with E-state index in [0.717, 1.165) is 17.5 Å². The van der Waals surface area contributed by atoms with Gasteiger partial charge in [0.25, 0.3) is 5.91 Å². The van der Waals surface area contributed by atoms with E-state index in [-0.39, 0.29) is 11.9 Å². The Morgan fingerprint density at radius 1 is 1.37 bits per heavy atom. The number of carbonyl (C=O) groups excluding carboxylic acids is 2. The number of fused-ring (bicyclic) bond motifs is 1. The zero-order valence-corrected chi connectivity index (χ0v) is 11.6. The minimum atomic E-state index is -0.684. The minimum absolute atomic E-state index is 0.00109. The van der Waals surface area contributed by atoms with Crippen molar-refractivity contribution in [3.05, 3.63) is 35.4 Å². The van der Waals surface area contributed by atoms with Crippen LogP contribution in [0.3, 0.4) is 0 Å². The molecule has 0 N–H and O–H groups in total. The Hall–Kier alpha value is -1.84. The maximum atomic E-state index is 12.4. The molecular formula is C15H19NO3. The van der Waals surface area contributed by atoms with Crippen LogP contribution in [-0.4, -0.2) is 37.0 Å². The molecule has 1 heterocycles. The molecule has 0 fully saturated rings. The van der Waals surface area contributed by atoms with Crippen molar-refractivity contribution in [3.63, 3.8) is 0 Å². The molecule has 102 valence electrons. The van der Waals surface area contributed by atoms with Crippen molar-refractivity contribution in [1.82, 2.24) is 4.90 Å². The molecule has 0 bridgehead atoms. The summed E-state index contributed by atoms with van der Waals surface area (Å²) in [5, 5.41) is 0. The topological polar surface area (TPSA) is 46.6 Å². The Bertz CT molecular complexity index is 508. The number of amides is 1. The average Bonchev–Trinajstić information content (AvgIpc) is 2.41. The van der Waals surface area contributed by atoms with E-state index in [9.17, 15) is 9.59 Å². The average molecular weight is 261 g/mol. The third-order valence-electron chi connectivity index (χ3n) is 3.51. The van der Waals surface area contributed by atoms with Crippen LogP contribution in [0.25, 0.3) is 0 Å². The lowest BCUT2D eigenvalue weighted by Crippen LogP contribution is -2.46. The molecule has 4 heteroatoms. The van der Waals surface area contributed by atoms with E-state index in [1.165, 1.54) is 7.11 Å². The van der Waals surface area contributed by atoms with Gasteiger partial charge >= 0.3 is 5.97 Å². The molecule has 4 nitrogen and oxygen atoms in total. The normalized spacial score (nSPS) is 15.1. The van der Waals surface area contributed by atoms with Gasteiger partial charge in [0.15, 0.2) is 0 Å². The molecular weight excluding hydrogens is 242 g/mol. The summed E-state index contributed by atoms with van der Waals surface area (Å²) < 4.78 is 4.78. The van der Waals surface area contributed by atoms with Crippen molar-refractivity contribution in [3.8, 4) is 0 Å². The summed E-state index contributed by atoms with van der Waals surface area (Å²) in [7, 11) is 1.37. The van der Waals surface area contributed by atoms with Gasteiger partial charge in [0.05, 0.1) is 12.5 Å². The number of hydrogen-bond donors (Lipinski definition) is 0. The predicted octanol–water partition coefficient (Wildman–Crippen LogP) is 1.88. The lowest BCUT2D eigenvalue weighted by atomic mass is 9.90. The number of hydrogen-bond acceptors (Lipinski definition) is 3. The van der Waals surface area contributed by atoms with Gasteiger partial charge in [0, 0.05) is 18.7 Å². The first-order valence-corrected chi connectivity index (χ1v) is 6.41. The molecule has 0 unspecified atom stereocenters. The highest BCUT2D eigenvalue weighted by Crippen LogP contribution is 2.24. The number of esters is 1. The van der Waals surface area contributed by atoms with Gasteiger partial charge in [-0.05, 0) is 31.9 Å². The first-order valence-electron chi connectivity index (χ1n) is 6.41. The van der Waals surface area contributed by atoms with Crippen LogP contribution in [0.15, 0.2) is 24.3 Å². The zero-order valence-electron chi connectivity index (χ0n) is 11.6. The SMILES string of the molecule is COC(=O)C(C)(C)CN1CCc2ccccc2C1=O. The molecule has 19 heavy (non-hydrogen) atoms. The van der Waals surface area contributed by atoms with Crippen molar-refractivity contribution < 1.29 is 14.3 Å². The zero-order chi connectivity index (χ0) is 14.0. The van der Waals surface area contributed by atoms with Crippen LogP contribution in [0.1, 0.15) is 29.8 Å². The fourth-order valence-corrected chi connectivity index (χ4v) is 2.44. The molecule has 1 aliphatic rings. The fraction of sp³-hybridized carbons (Fsp3) is 0.467. The van der Waals surface area contributed by atoms with Crippen molar-refractivity contribution in [2.75, 3.05) is 20.2 Å². The Kier molecular flexibility index (Phi) is 3.60. The Morgan fingerprint density at radius 3 is 2.74 bits per heavy atom. The molecule has 0 aromatic heterocycles. The second-order valence-electron chi connectivity index (χ2n) is 5.51. The Morgan fingerprint density at radius 2 is 2.05 bits per heavy atom. The second kappa shape index (κ2) is 5.03. The van der Waals surface area contributed by atoms with E-state index in [2.05, 4.69) is 0 Å². The molecule has 0 saturated carbocycles. The maximum absolute atomic E-state index is 12.4. The quantitative estimate of drug-likeness (QED) is 0.780. The van der Waals surface area contributed by atoms with Gasteiger partial charge in [-0.1, -0.05) is 18.2 Å². The molecule has 0 atom stereocenters. The third kappa shape index (κ3) is 2.62. The number of rotatable bonds is 3. The predicted molar refractivity (Wildman–Crippen MR) is 71.8 cm³/mol. The van der Waals surface area contributed by atoms with Crippen LogP contribution in [0.5, 0.6) is 0 Å². The highest BCUT2D eigenvalue weighted by atomic mass is 16.5. The largest absolute Gasteiger partial charge is 0.469 e. The van der Waals surface area contributed by atoms with E-state index in [4.69, 9.17) is 4.74 Å². The van der Waals surface area contributed by atoms with Gasteiger partial charge in [0.1, 0.15) is 0 Å². The van der Waals surface area contributed by atoms with E-state index in [1.54, 1.807) is 18.7 Å². The summed E-state index contributed by atoms with van der Waals surface area (Å²) in [6, 6.07) is 7.64. The first-order chi connectivity index (χ1) is 8.95. The van der Waals surface area contributed by atoms with Crippen molar-refractivity contribution in [2.45, 2.75) is 20.3 Å². The van der Waals surface area contributed by atoms with Crippen LogP contribution in [-0.2, 0) is 16.0 Å². The summed E-state index contributed by atoms with van der Waals surface area (Å²) in [4.78, 5) is 25.8.